The zero-order chi connectivity index (χ0) is 20.3. The molecule has 4 nitrogen and oxygen atoms in total. The molecule has 1 fully saturated rings. The number of Topliss-reactive ketones (excluding diaryl/α,β-unsaturated/α-hetero) is 1. The van der Waals surface area contributed by atoms with Crippen LogP contribution in [-0.4, -0.2) is 36.7 Å². The molecule has 0 atom stereocenters. The third-order valence-electron chi connectivity index (χ3n) is 5.73. The van der Waals surface area contributed by atoms with E-state index in [1.165, 1.54) is 12.1 Å². The van der Waals surface area contributed by atoms with Gasteiger partial charge in [-0.05, 0) is 73.7 Å². The fraction of sp³-hybridized carbons (Fsp3) is 0.348. The molecule has 0 bridgehead atoms. The molecule has 0 radical (unpaired) electrons. The Labute approximate surface area is 165 Å². The van der Waals surface area contributed by atoms with Crippen molar-refractivity contribution in [2.45, 2.75) is 32.2 Å². The Morgan fingerprint density at radius 1 is 1.14 bits per heavy atom. The number of hydrogen-bond donors (Lipinski definition) is 2. The molecule has 0 unspecified atom stereocenters. The van der Waals surface area contributed by atoms with Crippen molar-refractivity contribution in [2.24, 2.45) is 0 Å². The summed E-state index contributed by atoms with van der Waals surface area (Å²) in [5.41, 5.74) is 3.79. The van der Waals surface area contributed by atoms with Crippen molar-refractivity contribution in [1.29, 1.82) is 0 Å². The van der Waals surface area contributed by atoms with Gasteiger partial charge in [0.25, 0.3) is 0 Å². The van der Waals surface area contributed by atoms with E-state index in [0.717, 1.165) is 34.1 Å². The van der Waals surface area contributed by atoms with E-state index in [1.54, 1.807) is 19.2 Å². The van der Waals surface area contributed by atoms with Crippen LogP contribution in [0.5, 0.6) is 0 Å². The van der Waals surface area contributed by atoms with Gasteiger partial charge in [-0.1, -0.05) is 24.3 Å². The van der Waals surface area contributed by atoms with Crippen molar-refractivity contribution < 1.29 is 19.0 Å². The summed E-state index contributed by atoms with van der Waals surface area (Å²) in [5.74, 6) is -0.432. The molecule has 0 amide bonds. The number of likely N-dealkylation sites (N-methyl/N-ethyl adjacent to an activating group) is 1. The van der Waals surface area contributed by atoms with Gasteiger partial charge in [0.2, 0.25) is 0 Å². The van der Waals surface area contributed by atoms with Gasteiger partial charge in [-0.25, -0.2) is 4.39 Å². The zero-order valence-electron chi connectivity index (χ0n) is 16.5. The Morgan fingerprint density at radius 3 is 2.36 bits per heavy atom. The maximum Gasteiger partial charge on any atom is 0.186 e. The minimum atomic E-state index is -0.752. The minimum Gasteiger partial charge on any atom is -0.515 e. The number of aliphatic hydroxyl groups excluding tert-OH is 1. The molecule has 5 heteroatoms. The van der Waals surface area contributed by atoms with Crippen LogP contribution in [0.25, 0.3) is 16.7 Å². The highest BCUT2D eigenvalue weighted by atomic mass is 19.1. The number of aryl methyl sites for hydroxylation is 1. The Balaban J connectivity index is 2.09. The molecule has 1 heterocycles. The fourth-order valence-electron chi connectivity index (χ4n) is 4.01. The first kappa shape index (κ1) is 20.2. The third kappa shape index (κ3) is 3.60. The number of rotatable bonds is 5. The quantitative estimate of drug-likeness (QED) is 0.595. The van der Waals surface area contributed by atoms with Crippen molar-refractivity contribution in [2.75, 3.05) is 20.3 Å². The molecule has 0 aliphatic carbocycles. The van der Waals surface area contributed by atoms with Crippen LogP contribution < -0.4 is 5.32 Å². The molecule has 0 spiro atoms. The molecule has 2 aromatic carbocycles. The maximum absolute atomic E-state index is 13.5. The van der Waals surface area contributed by atoms with Gasteiger partial charge in [-0.2, -0.15) is 0 Å². The smallest absolute Gasteiger partial charge is 0.186 e. The topological polar surface area (TPSA) is 58.6 Å². The van der Waals surface area contributed by atoms with Gasteiger partial charge in [-0.15, -0.1) is 0 Å². The van der Waals surface area contributed by atoms with Gasteiger partial charge in [0.1, 0.15) is 5.82 Å². The lowest BCUT2D eigenvalue weighted by Gasteiger charge is -2.36. The first-order valence-electron chi connectivity index (χ1n) is 9.46. The number of benzene rings is 2. The van der Waals surface area contributed by atoms with E-state index in [9.17, 15) is 14.3 Å². The average molecular weight is 383 g/mol. The van der Waals surface area contributed by atoms with Crippen molar-refractivity contribution in [3.8, 4) is 11.1 Å². The number of halogens is 1. The van der Waals surface area contributed by atoms with Gasteiger partial charge in [0.15, 0.2) is 5.78 Å². The van der Waals surface area contributed by atoms with Crippen molar-refractivity contribution >= 4 is 11.4 Å². The Bertz CT molecular complexity index is 897. The number of ketones is 1. The van der Waals surface area contributed by atoms with Gasteiger partial charge in [-0.3, -0.25) is 4.79 Å². The molecule has 2 N–H and O–H groups in total. The molecule has 1 saturated heterocycles. The predicted octanol–water partition coefficient (Wildman–Crippen LogP) is 4.35. The van der Waals surface area contributed by atoms with Crippen LogP contribution in [0.3, 0.4) is 0 Å². The van der Waals surface area contributed by atoms with Crippen LogP contribution in [0.2, 0.25) is 0 Å². The number of carbonyl (C=O) groups is 1. The van der Waals surface area contributed by atoms with E-state index in [1.807, 2.05) is 26.0 Å². The third-order valence-corrected chi connectivity index (χ3v) is 5.73. The summed E-state index contributed by atoms with van der Waals surface area (Å²) in [6.07, 6.45) is 2.02. The second kappa shape index (κ2) is 8.25. The van der Waals surface area contributed by atoms with E-state index in [2.05, 4.69) is 5.32 Å². The molecule has 28 heavy (non-hydrogen) atoms. The molecule has 1 aliphatic heterocycles. The summed E-state index contributed by atoms with van der Waals surface area (Å²) in [6.45, 7) is 4.84. The fourth-order valence-corrected chi connectivity index (χ4v) is 4.01. The lowest BCUT2D eigenvalue weighted by atomic mass is 9.78. The Morgan fingerprint density at radius 2 is 1.79 bits per heavy atom. The lowest BCUT2D eigenvalue weighted by molar-refractivity contribution is -0.123. The standard InChI is InChI=1S/C23H26FNO3/c1-15-4-9-19(17-5-7-18(24)8-6-17)16(2)21(15)20(14-26)22(27)23(25-3)10-12-28-13-11-23/h4-9,14,25-26H,10-13H2,1-3H3. The molecular weight excluding hydrogens is 357 g/mol. The number of nitrogens with one attached hydrogen (secondary N) is 1. The first-order valence-corrected chi connectivity index (χ1v) is 9.46. The van der Waals surface area contributed by atoms with Crippen LogP contribution in [-0.2, 0) is 9.53 Å². The monoisotopic (exact) mass is 383 g/mol. The largest absolute Gasteiger partial charge is 0.515 e. The highest BCUT2D eigenvalue weighted by molar-refractivity contribution is 6.25. The normalized spacial score (nSPS) is 16.8. The highest BCUT2D eigenvalue weighted by Gasteiger charge is 2.41. The first-order chi connectivity index (χ1) is 13.4. The minimum absolute atomic E-state index is 0.136. The number of carbonyl (C=O) groups excluding carboxylic acids is 1. The molecule has 148 valence electrons. The van der Waals surface area contributed by atoms with E-state index in [0.29, 0.717) is 26.1 Å². The molecule has 0 aromatic heterocycles. The van der Waals surface area contributed by atoms with Crippen LogP contribution in [0.1, 0.15) is 29.5 Å². The zero-order valence-corrected chi connectivity index (χ0v) is 16.5. The van der Waals surface area contributed by atoms with Crippen molar-refractivity contribution in [3.05, 3.63) is 65.2 Å². The molecule has 2 aromatic rings. The Kier molecular flexibility index (Phi) is 5.96. The second-order valence-electron chi connectivity index (χ2n) is 7.25. The number of aliphatic hydroxyl groups is 1. The summed E-state index contributed by atoms with van der Waals surface area (Å²) in [5, 5.41) is 13.2. The van der Waals surface area contributed by atoms with Gasteiger partial charge in [0.05, 0.1) is 17.4 Å². The maximum atomic E-state index is 13.5. The Hall–Kier alpha value is -2.50. The summed E-state index contributed by atoms with van der Waals surface area (Å²) in [6, 6.07) is 10.2. The second-order valence-corrected chi connectivity index (χ2v) is 7.25. The summed E-state index contributed by atoms with van der Waals surface area (Å²) >= 11 is 0. The molecule has 3 rings (SSSR count). The summed E-state index contributed by atoms with van der Waals surface area (Å²) < 4.78 is 18.7. The van der Waals surface area contributed by atoms with Gasteiger partial charge < -0.3 is 15.2 Å². The molecule has 0 saturated carbocycles. The van der Waals surface area contributed by atoms with E-state index in [-0.39, 0.29) is 17.2 Å². The number of hydrogen-bond acceptors (Lipinski definition) is 4. The molecule has 1 aliphatic rings. The van der Waals surface area contributed by atoms with E-state index in [4.69, 9.17) is 4.74 Å². The number of ether oxygens (including phenoxy) is 1. The van der Waals surface area contributed by atoms with Gasteiger partial charge in [0, 0.05) is 13.2 Å². The lowest BCUT2D eigenvalue weighted by Crippen LogP contribution is -2.54. The van der Waals surface area contributed by atoms with Gasteiger partial charge >= 0.3 is 0 Å². The summed E-state index contributed by atoms with van der Waals surface area (Å²) in [4.78, 5) is 13.5. The van der Waals surface area contributed by atoms with Crippen LogP contribution in [0.15, 0.2) is 42.7 Å². The van der Waals surface area contributed by atoms with E-state index < -0.39 is 5.54 Å². The predicted molar refractivity (Wildman–Crippen MR) is 109 cm³/mol. The van der Waals surface area contributed by atoms with Crippen LogP contribution in [0, 0.1) is 19.7 Å². The van der Waals surface area contributed by atoms with Crippen LogP contribution in [0.4, 0.5) is 4.39 Å². The average Bonchev–Trinajstić information content (AvgIpc) is 2.72. The SMILES string of the molecule is CNC1(C(=O)C(=CO)c2c(C)ccc(-c3ccc(F)cc3)c2C)CCOCC1. The summed E-state index contributed by atoms with van der Waals surface area (Å²) in [7, 11) is 1.77. The van der Waals surface area contributed by atoms with Crippen molar-refractivity contribution in [3.63, 3.8) is 0 Å². The van der Waals surface area contributed by atoms with Crippen molar-refractivity contribution in [1.82, 2.24) is 5.32 Å². The molecular formula is C23H26FNO3. The van der Waals surface area contributed by atoms with E-state index >= 15 is 0 Å². The van der Waals surface area contributed by atoms with Crippen LogP contribution >= 0.6 is 0 Å². The highest BCUT2D eigenvalue weighted by Crippen LogP contribution is 2.35.